The maximum Gasteiger partial charge on any atom is 0.309 e. The Balaban J connectivity index is 1.42. The third-order valence-electron chi connectivity index (χ3n) is 7.72. The summed E-state index contributed by atoms with van der Waals surface area (Å²) in [5.74, 6) is 1.51. The number of rotatable bonds is 4. The summed E-state index contributed by atoms with van der Waals surface area (Å²) >= 11 is 0. The molecule has 5 saturated carbocycles. The topological polar surface area (TPSA) is 85.5 Å². The van der Waals surface area contributed by atoms with Crippen LogP contribution in [-0.2, 0) is 10.2 Å². The fourth-order valence-corrected chi connectivity index (χ4v) is 6.55. The van der Waals surface area contributed by atoms with Crippen molar-refractivity contribution in [2.24, 2.45) is 28.2 Å². The summed E-state index contributed by atoms with van der Waals surface area (Å²) in [7, 11) is 0. The number of aliphatic imine (C=N–C) groups is 1. The Bertz CT molecular complexity index is 821. The van der Waals surface area contributed by atoms with Crippen molar-refractivity contribution in [1.82, 2.24) is 5.32 Å². The zero-order chi connectivity index (χ0) is 18.6. The van der Waals surface area contributed by atoms with Crippen molar-refractivity contribution in [1.29, 1.82) is 5.26 Å². The number of hydrogen-bond donors (Lipinski definition) is 2. The van der Waals surface area contributed by atoms with Crippen LogP contribution < -0.4 is 5.32 Å². The van der Waals surface area contributed by atoms with E-state index in [1.165, 1.54) is 5.56 Å². The Hall–Kier alpha value is -2.35. The van der Waals surface area contributed by atoms with Gasteiger partial charge in [-0.2, -0.15) is 10.3 Å². The Labute approximate surface area is 159 Å². The Morgan fingerprint density at radius 2 is 1.81 bits per heavy atom. The number of nitrogens with one attached hydrogen (secondary N) is 1. The van der Waals surface area contributed by atoms with E-state index in [1.54, 1.807) is 0 Å². The van der Waals surface area contributed by atoms with Crippen LogP contribution >= 0.6 is 0 Å². The monoisotopic (exact) mass is 363 g/mol. The van der Waals surface area contributed by atoms with E-state index >= 15 is 0 Å². The van der Waals surface area contributed by atoms with E-state index in [4.69, 9.17) is 0 Å². The molecule has 0 spiro atoms. The minimum Gasteiger partial charge on any atom is -0.481 e. The van der Waals surface area contributed by atoms with Crippen LogP contribution in [0, 0.1) is 34.6 Å². The van der Waals surface area contributed by atoms with E-state index in [0.717, 1.165) is 50.8 Å². The highest BCUT2D eigenvalue weighted by molar-refractivity contribution is 5.96. The van der Waals surface area contributed by atoms with Crippen LogP contribution in [0.5, 0.6) is 0 Å². The number of carbonyl (C=O) groups is 1. The minimum atomic E-state index is -0.603. The molecule has 5 nitrogen and oxygen atoms in total. The molecule has 2 N–H and O–H groups in total. The van der Waals surface area contributed by atoms with Crippen molar-refractivity contribution in [2.75, 3.05) is 0 Å². The van der Waals surface area contributed by atoms with E-state index in [-0.39, 0.29) is 11.5 Å². The number of carboxylic acids is 1. The van der Waals surface area contributed by atoms with Gasteiger partial charge in [0.1, 0.15) is 5.84 Å². The maximum atomic E-state index is 12.0. The number of hydrogen-bond acceptors (Lipinski definition) is 3. The molecular weight excluding hydrogens is 338 g/mol. The average molecular weight is 363 g/mol. The van der Waals surface area contributed by atoms with E-state index in [2.05, 4.69) is 22.4 Å². The van der Waals surface area contributed by atoms with Crippen LogP contribution in [0.25, 0.3) is 0 Å². The smallest absolute Gasteiger partial charge is 0.309 e. The fraction of sp³-hybridized carbons (Fsp3) is 0.591. The van der Waals surface area contributed by atoms with E-state index in [0.29, 0.717) is 17.8 Å². The summed E-state index contributed by atoms with van der Waals surface area (Å²) in [6.45, 7) is 0. The molecule has 2 unspecified atom stereocenters. The van der Waals surface area contributed by atoms with E-state index < -0.39 is 11.4 Å². The molecule has 0 aromatic heterocycles. The van der Waals surface area contributed by atoms with Gasteiger partial charge in [0.15, 0.2) is 0 Å². The van der Waals surface area contributed by atoms with Gasteiger partial charge in [0.2, 0.25) is 6.19 Å². The Morgan fingerprint density at radius 1 is 1.15 bits per heavy atom. The lowest BCUT2D eigenvalue weighted by molar-refractivity contribution is -0.166. The van der Waals surface area contributed by atoms with Crippen molar-refractivity contribution in [3.63, 3.8) is 0 Å². The van der Waals surface area contributed by atoms with Gasteiger partial charge in [0.05, 0.1) is 10.8 Å². The van der Waals surface area contributed by atoms with E-state index in [9.17, 15) is 15.2 Å². The first-order valence-electron chi connectivity index (χ1n) is 10.1. The van der Waals surface area contributed by atoms with Gasteiger partial charge in [0.25, 0.3) is 0 Å². The average Bonchev–Trinajstić information content (AvgIpc) is 3.46. The van der Waals surface area contributed by atoms with Crippen molar-refractivity contribution >= 4 is 11.8 Å². The second-order valence-corrected chi connectivity index (χ2v) is 9.23. The van der Waals surface area contributed by atoms with Crippen molar-refractivity contribution < 1.29 is 9.90 Å². The molecule has 0 aliphatic heterocycles. The molecule has 5 heteroatoms. The first kappa shape index (κ1) is 16.8. The molecule has 4 bridgehead atoms. The summed E-state index contributed by atoms with van der Waals surface area (Å²) in [6, 6.07) is 10.6. The van der Waals surface area contributed by atoms with Crippen LogP contribution in [0.1, 0.15) is 50.5 Å². The van der Waals surface area contributed by atoms with Gasteiger partial charge in [-0.3, -0.25) is 4.79 Å². The molecule has 27 heavy (non-hydrogen) atoms. The quantitative estimate of drug-likeness (QED) is 0.487. The summed E-state index contributed by atoms with van der Waals surface area (Å²) in [6.07, 6.45) is 8.65. The zero-order valence-corrected chi connectivity index (χ0v) is 15.4. The molecule has 5 aliphatic rings. The third kappa shape index (κ3) is 2.50. The molecule has 6 rings (SSSR count). The van der Waals surface area contributed by atoms with Crippen LogP contribution in [0.15, 0.2) is 35.3 Å². The molecule has 1 aromatic rings. The molecule has 0 heterocycles. The number of nitrogens with zero attached hydrogens (tertiary/aromatic N) is 2. The summed E-state index contributed by atoms with van der Waals surface area (Å²) < 4.78 is 0. The lowest BCUT2D eigenvalue weighted by Gasteiger charge is -2.58. The van der Waals surface area contributed by atoms with Crippen LogP contribution in [-0.4, -0.2) is 23.0 Å². The molecule has 140 valence electrons. The number of carboxylic acid groups (broad SMARTS) is 1. The van der Waals surface area contributed by atoms with Gasteiger partial charge in [-0.25, -0.2) is 0 Å². The van der Waals surface area contributed by atoms with Gasteiger partial charge in [-0.05, 0) is 68.3 Å². The summed E-state index contributed by atoms with van der Waals surface area (Å²) in [4.78, 5) is 16.2. The zero-order valence-electron chi connectivity index (χ0n) is 15.4. The van der Waals surface area contributed by atoms with Gasteiger partial charge < -0.3 is 10.4 Å². The molecule has 5 aliphatic carbocycles. The first-order valence-corrected chi connectivity index (χ1v) is 10.1. The minimum absolute atomic E-state index is 0.157. The second-order valence-electron chi connectivity index (χ2n) is 9.23. The number of benzene rings is 1. The van der Waals surface area contributed by atoms with Gasteiger partial charge in [-0.1, -0.05) is 30.3 Å². The van der Waals surface area contributed by atoms with E-state index in [1.807, 2.05) is 24.4 Å². The molecule has 0 amide bonds. The van der Waals surface area contributed by atoms with Gasteiger partial charge >= 0.3 is 5.97 Å². The van der Waals surface area contributed by atoms with Crippen molar-refractivity contribution in [3.8, 4) is 6.19 Å². The summed E-state index contributed by atoms with van der Waals surface area (Å²) in [5.41, 5.74) is 0.561. The van der Waals surface area contributed by atoms with Crippen molar-refractivity contribution in [2.45, 2.75) is 56.4 Å². The normalized spacial score (nSPS) is 38.3. The largest absolute Gasteiger partial charge is 0.481 e. The molecule has 1 aromatic carbocycles. The fourth-order valence-electron chi connectivity index (χ4n) is 6.55. The SMILES string of the molecule is N#C/N=C(/NC1C2CC3CC1CC(C(=O)O)(C3)C2)C1(c2ccccc2)CC1. The lowest BCUT2D eigenvalue weighted by atomic mass is 9.48. The second kappa shape index (κ2) is 5.82. The highest BCUT2D eigenvalue weighted by atomic mass is 16.4. The third-order valence-corrected chi connectivity index (χ3v) is 7.72. The van der Waals surface area contributed by atoms with Gasteiger partial charge in [-0.15, -0.1) is 0 Å². The van der Waals surface area contributed by atoms with Crippen LogP contribution in [0.3, 0.4) is 0 Å². The highest BCUT2D eigenvalue weighted by Crippen LogP contribution is 2.60. The maximum absolute atomic E-state index is 12.0. The molecule has 5 fully saturated rings. The Morgan fingerprint density at radius 3 is 2.37 bits per heavy atom. The molecular formula is C22H25N3O2. The number of aliphatic carboxylic acids is 1. The number of amidine groups is 1. The predicted molar refractivity (Wildman–Crippen MR) is 101 cm³/mol. The Kier molecular flexibility index (Phi) is 3.62. The van der Waals surface area contributed by atoms with Crippen LogP contribution in [0.4, 0.5) is 0 Å². The molecule has 0 radical (unpaired) electrons. The lowest BCUT2D eigenvalue weighted by Crippen LogP contribution is -2.61. The first-order chi connectivity index (χ1) is 13.1. The van der Waals surface area contributed by atoms with Gasteiger partial charge in [0, 0.05) is 6.04 Å². The van der Waals surface area contributed by atoms with Crippen LogP contribution in [0.2, 0.25) is 0 Å². The number of nitriles is 1. The molecule has 2 atom stereocenters. The predicted octanol–water partition coefficient (Wildman–Crippen LogP) is 3.47. The molecule has 0 saturated heterocycles. The van der Waals surface area contributed by atoms with Crippen molar-refractivity contribution in [3.05, 3.63) is 35.9 Å². The summed E-state index contributed by atoms with van der Waals surface area (Å²) in [5, 5.41) is 22.8. The highest BCUT2D eigenvalue weighted by Gasteiger charge is 2.60. The standard InChI is InChI=1S/C22H25N3O2/c23-13-24-19(22(6-7-22)17-4-2-1-3-5-17)25-18-15-8-14-9-16(18)12-21(10-14,11-15)20(26)27/h1-5,14-16,18H,6-12H2,(H,24,25)(H,26,27).